The Balaban J connectivity index is 0.000000109. The van der Waals surface area contributed by atoms with Crippen LogP contribution < -0.4 is 0 Å². The van der Waals surface area contributed by atoms with E-state index < -0.39 is 0 Å². The van der Waals surface area contributed by atoms with E-state index in [2.05, 4.69) is 260 Å². The van der Waals surface area contributed by atoms with Crippen molar-refractivity contribution in [2.24, 2.45) is 11.8 Å². The number of rotatable bonds is 4. The molecule has 0 saturated heterocycles. The van der Waals surface area contributed by atoms with Crippen LogP contribution in [0.3, 0.4) is 0 Å². The van der Waals surface area contributed by atoms with Crippen LogP contribution in [0.5, 0.6) is 0 Å². The van der Waals surface area contributed by atoms with E-state index in [9.17, 15) is 0 Å². The topological polar surface area (TPSA) is 0 Å². The normalized spacial score (nSPS) is 17.0. The SMILES string of the molecule is Cc1ccc2c(c1)C(C1CCCCC1)(C1CCCCC1)c1cc(C)ccc1-2.Cc1ccc2c(c1)C(c1ccccc1)(c1ccccc1)c1cc(C)ccc1-2.Cc1ccc2c(c1)C1(c3ccccc3-c3ccccc31)c1cc(C)ccc1-2. The van der Waals surface area contributed by atoms with Gasteiger partial charge in [-0.1, -0.05) is 290 Å². The van der Waals surface area contributed by atoms with Gasteiger partial charge >= 0.3 is 0 Å². The first kappa shape index (κ1) is 51.4. The Labute approximate surface area is 483 Å². The standard InChI is InChI=1S/C27H20.C27H34.C27H22/c1-17-11-13-21-22-14-12-18(2)16-26(22)27(25(21)15-17)23-9-5-3-7-19(23)20-8-4-6-10-24(20)27;2*1-19-13-15-23-24-16-14-20(2)18-26(24)27(25(23)17-19,21-9-5-3-6-10-21)22-11-7-4-8-12-22/h3-16H,1-2H3;13-18,21-22H,3-12H2,1-2H3;3-18H,1-2H3. The van der Waals surface area contributed by atoms with E-state index in [1.807, 2.05) is 0 Å². The summed E-state index contributed by atoms with van der Waals surface area (Å²) in [7, 11) is 0. The van der Waals surface area contributed by atoms with E-state index in [-0.39, 0.29) is 16.2 Å². The van der Waals surface area contributed by atoms with Crippen LogP contribution in [0.15, 0.2) is 218 Å². The van der Waals surface area contributed by atoms with Crippen LogP contribution in [-0.2, 0) is 16.2 Å². The van der Waals surface area contributed by atoms with Crippen molar-refractivity contribution in [2.45, 2.75) is 122 Å². The molecule has 0 aliphatic heterocycles. The predicted octanol–water partition coefficient (Wildman–Crippen LogP) is 21.0. The molecule has 10 aromatic rings. The molecule has 2 fully saturated rings. The summed E-state index contributed by atoms with van der Waals surface area (Å²) in [4.78, 5) is 0. The van der Waals surface area contributed by atoms with Crippen molar-refractivity contribution in [3.8, 4) is 44.5 Å². The maximum absolute atomic E-state index is 2.58. The number of hydrogen-bond acceptors (Lipinski definition) is 0. The van der Waals surface area contributed by atoms with E-state index in [0.717, 1.165) is 11.8 Å². The summed E-state index contributed by atoms with van der Waals surface area (Å²) in [6.07, 6.45) is 14.3. The van der Waals surface area contributed by atoms with Crippen molar-refractivity contribution < 1.29 is 0 Å². The fraction of sp³-hybridized carbons (Fsp3) is 0.259. The molecule has 0 heteroatoms. The summed E-state index contributed by atoms with van der Waals surface area (Å²) in [5, 5.41) is 0. The first-order chi connectivity index (χ1) is 39.6. The van der Waals surface area contributed by atoms with Gasteiger partial charge in [0.2, 0.25) is 0 Å². The lowest BCUT2D eigenvalue weighted by atomic mass is 9.54. The van der Waals surface area contributed by atoms with E-state index in [1.165, 1.54) is 175 Å². The largest absolute Gasteiger partial charge is 0.0725 e. The van der Waals surface area contributed by atoms with Crippen LogP contribution in [0.25, 0.3) is 44.5 Å². The molecular formula is C81H76. The van der Waals surface area contributed by atoms with E-state index >= 15 is 0 Å². The van der Waals surface area contributed by atoms with E-state index in [0.29, 0.717) is 0 Å². The minimum Gasteiger partial charge on any atom is -0.0622 e. The second kappa shape index (κ2) is 20.3. The van der Waals surface area contributed by atoms with Gasteiger partial charge in [0.1, 0.15) is 0 Å². The number of fused-ring (bicyclic) bond motifs is 16. The summed E-state index contributed by atoms with van der Waals surface area (Å²) >= 11 is 0. The van der Waals surface area contributed by atoms with E-state index in [1.54, 1.807) is 22.3 Å². The third-order valence-corrected chi connectivity index (χ3v) is 20.3. The zero-order valence-electron chi connectivity index (χ0n) is 48.5. The van der Waals surface area contributed by atoms with Crippen molar-refractivity contribution in [1.29, 1.82) is 0 Å². The quantitative estimate of drug-likeness (QED) is 0.165. The fourth-order valence-electron chi connectivity index (χ4n) is 17.0. The number of benzene rings is 10. The minimum absolute atomic E-state index is 0.199. The summed E-state index contributed by atoms with van der Waals surface area (Å²) in [5.74, 6) is 1.66. The highest BCUT2D eigenvalue weighted by Gasteiger charge is 2.54. The van der Waals surface area contributed by atoms with Crippen LogP contribution in [0.1, 0.15) is 153 Å². The van der Waals surface area contributed by atoms with Gasteiger partial charge in [0.05, 0.1) is 10.8 Å². The zero-order valence-corrected chi connectivity index (χ0v) is 48.5. The Bertz CT molecular complexity index is 3660. The van der Waals surface area contributed by atoms with Crippen molar-refractivity contribution in [3.63, 3.8) is 0 Å². The lowest BCUT2D eigenvalue weighted by molar-refractivity contribution is 0.137. The van der Waals surface area contributed by atoms with Crippen LogP contribution in [0.2, 0.25) is 0 Å². The summed E-state index contributed by atoms with van der Waals surface area (Å²) in [6, 6.07) is 82.3. The molecule has 6 aliphatic rings. The molecule has 0 unspecified atom stereocenters. The van der Waals surface area contributed by atoms with Gasteiger partial charge in [0.25, 0.3) is 0 Å². The van der Waals surface area contributed by atoms with Gasteiger partial charge in [-0.25, -0.2) is 0 Å². The molecule has 0 heterocycles. The van der Waals surface area contributed by atoms with Gasteiger partial charge in [0.15, 0.2) is 0 Å². The molecule has 0 nitrogen and oxygen atoms in total. The second-order valence-electron chi connectivity index (χ2n) is 25.2. The second-order valence-corrected chi connectivity index (χ2v) is 25.2. The molecule has 6 aliphatic carbocycles. The highest BCUT2D eigenvalue weighted by Crippen LogP contribution is 2.65. The summed E-state index contributed by atoms with van der Waals surface area (Å²) in [5.41, 5.74) is 33.7. The van der Waals surface area contributed by atoms with Gasteiger partial charge in [0, 0.05) is 5.41 Å². The average molecular weight is 1050 g/mol. The molecule has 0 radical (unpaired) electrons. The van der Waals surface area contributed by atoms with Crippen LogP contribution in [-0.4, -0.2) is 0 Å². The number of hydrogen-bond donors (Lipinski definition) is 0. The fourth-order valence-corrected chi connectivity index (χ4v) is 17.0. The molecule has 0 N–H and O–H groups in total. The maximum atomic E-state index is 2.58. The zero-order chi connectivity index (χ0) is 55.0. The average Bonchev–Trinajstić information content (AvgIpc) is 2.37. The molecule has 0 aromatic heterocycles. The van der Waals surface area contributed by atoms with Crippen LogP contribution in [0.4, 0.5) is 0 Å². The lowest BCUT2D eigenvalue weighted by Gasteiger charge is -2.49. The number of aryl methyl sites for hydroxylation is 6. The lowest BCUT2D eigenvalue weighted by Crippen LogP contribution is -2.44. The molecule has 10 aromatic carbocycles. The minimum atomic E-state index is -0.273. The Morgan fingerprint density at radius 1 is 0.235 bits per heavy atom. The maximum Gasteiger partial charge on any atom is 0.0725 e. The monoisotopic (exact) mass is 1050 g/mol. The van der Waals surface area contributed by atoms with Gasteiger partial charge in [-0.05, 0) is 179 Å². The van der Waals surface area contributed by atoms with Gasteiger partial charge in [-0.3, -0.25) is 0 Å². The van der Waals surface area contributed by atoms with Crippen molar-refractivity contribution in [1.82, 2.24) is 0 Å². The summed E-state index contributed by atoms with van der Waals surface area (Å²) in [6.45, 7) is 13.4. The highest BCUT2D eigenvalue weighted by atomic mass is 14.6. The first-order valence-electron chi connectivity index (χ1n) is 30.6. The van der Waals surface area contributed by atoms with Gasteiger partial charge in [-0.2, -0.15) is 0 Å². The molecule has 0 atom stereocenters. The Kier molecular flexibility index (Phi) is 12.9. The molecule has 2 saturated carbocycles. The van der Waals surface area contributed by atoms with Crippen molar-refractivity contribution in [3.05, 3.63) is 307 Å². The molecule has 0 bridgehead atoms. The first-order valence-corrected chi connectivity index (χ1v) is 30.6. The van der Waals surface area contributed by atoms with E-state index in [4.69, 9.17) is 0 Å². The predicted molar refractivity (Wildman–Crippen MR) is 341 cm³/mol. The third-order valence-electron chi connectivity index (χ3n) is 20.3. The Morgan fingerprint density at radius 3 is 0.827 bits per heavy atom. The molecule has 1 spiro atoms. The molecule has 0 amide bonds. The molecule has 16 rings (SSSR count). The highest BCUT2D eigenvalue weighted by molar-refractivity contribution is 5.95. The van der Waals surface area contributed by atoms with Crippen LogP contribution >= 0.6 is 0 Å². The van der Waals surface area contributed by atoms with Gasteiger partial charge < -0.3 is 0 Å². The van der Waals surface area contributed by atoms with Gasteiger partial charge in [-0.15, -0.1) is 0 Å². The molecule has 400 valence electrons. The molecule has 81 heavy (non-hydrogen) atoms. The Morgan fingerprint density at radius 2 is 0.494 bits per heavy atom. The van der Waals surface area contributed by atoms with Crippen molar-refractivity contribution >= 4 is 0 Å². The Hall–Kier alpha value is -7.80. The summed E-state index contributed by atoms with van der Waals surface area (Å²) < 4.78 is 0. The molecular weight excluding hydrogens is 973 g/mol. The van der Waals surface area contributed by atoms with Crippen molar-refractivity contribution in [2.75, 3.05) is 0 Å². The van der Waals surface area contributed by atoms with Crippen LogP contribution in [0, 0.1) is 53.4 Å². The third kappa shape index (κ3) is 7.90. The smallest absolute Gasteiger partial charge is 0.0622 e.